The predicted molar refractivity (Wildman–Crippen MR) is 95.3 cm³/mol. The molecule has 1 aromatic rings. The van der Waals surface area contributed by atoms with Crippen LogP contribution in [0.3, 0.4) is 0 Å². The van der Waals surface area contributed by atoms with Gasteiger partial charge in [0, 0.05) is 50.2 Å². The van der Waals surface area contributed by atoms with Gasteiger partial charge in [-0.1, -0.05) is 0 Å². The Hall–Kier alpha value is -2.64. The maximum atomic E-state index is 12.9. The Labute approximate surface area is 178 Å². The molecule has 0 aromatic carbocycles. The molecule has 2 aliphatic heterocycles. The zero-order chi connectivity index (χ0) is 23.7. The molecule has 8 nitrogen and oxygen atoms in total. The number of halogens is 6. The first-order valence-electron chi connectivity index (χ1n) is 9.65. The molecule has 0 bridgehead atoms. The number of hydrogen-bond acceptors (Lipinski definition) is 6. The Morgan fingerprint density at radius 1 is 1.22 bits per heavy atom. The van der Waals surface area contributed by atoms with Gasteiger partial charge in [-0.25, -0.2) is 27.9 Å². The topological polar surface area (TPSA) is 105 Å². The van der Waals surface area contributed by atoms with Crippen LogP contribution < -0.4 is 10.2 Å². The van der Waals surface area contributed by atoms with Gasteiger partial charge in [0.05, 0.1) is 25.1 Å². The Kier molecular flexibility index (Phi) is 6.81. The van der Waals surface area contributed by atoms with Gasteiger partial charge in [0.15, 0.2) is 5.82 Å². The lowest BCUT2D eigenvalue weighted by Gasteiger charge is -2.34. The van der Waals surface area contributed by atoms with E-state index in [0.717, 1.165) is 12.4 Å². The van der Waals surface area contributed by atoms with Crippen LogP contribution in [-0.4, -0.2) is 71.4 Å². The average Bonchev–Trinajstić information content (AvgIpc) is 3.25. The van der Waals surface area contributed by atoms with Crippen LogP contribution in [0.4, 0.5) is 32.3 Å². The summed E-state index contributed by atoms with van der Waals surface area (Å²) in [6.45, 7) is 2.24. The van der Waals surface area contributed by atoms with Gasteiger partial charge in [-0.2, -0.15) is 13.2 Å². The normalized spacial score (nSPS) is 26.6. The van der Waals surface area contributed by atoms with Crippen molar-refractivity contribution in [3.8, 4) is 0 Å². The zero-order valence-electron chi connectivity index (χ0n) is 16.5. The monoisotopic (exact) mass is 470 g/mol. The Balaban J connectivity index is 0.000000360. The highest BCUT2D eigenvalue weighted by Gasteiger charge is 2.49. The number of hydrogen-bond donors (Lipinski definition) is 2. The van der Waals surface area contributed by atoms with Crippen molar-refractivity contribution in [3.63, 3.8) is 0 Å². The van der Waals surface area contributed by atoms with Crippen molar-refractivity contribution in [2.45, 2.75) is 31.0 Å². The number of ether oxygens (including phenoxy) is 1. The standard InChI is InChI=1S/C16H19F3N4O2.C2HF3O2/c17-11-4-21-15(22-5-11)23-6-12-10(8-25-13(12)7-23)3-20-14(24)9-1-16(18,19)2-9;3-2(4,5)1(6)7/h4-5,9-10,12-13H,1-3,6-8H2,(H,20,24);(H,6,7)/t10-,12-,13-;/m1./s1. The minimum atomic E-state index is -5.08. The molecule has 1 aromatic heterocycles. The molecule has 2 N–H and O–H groups in total. The second-order valence-electron chi connectivity index (χ2n) is 7.91. The lowest BCUT2D eigenvalue weighted by molar-refractivity contribution is -0.192. The van der Waals surface area contributed by atoms with E-state index in [1.54, 1.807) is 0 Å². The third-order valence-electron chi connectivity index (χ3n) is 5.57. The molecule has 0 unspecified atom stereocenters. The van der Waals surface area contributed by atoms with E-state index in [1.165, 1.54) is 0 Å². The van der Waals surface area contributed by atoms with Crippen molar-refractivity contribution >= 4 is 17.8 Å². The minimum absolute atomic E-state index is 0.0172. The highest BCUT2D eigenvalue weighted by atomic mass is 19.4. The zero-order valence-corrected chi connectivity index (χ0v) is 16.5. The first-order valence-corrected chi connectivity index (χ1v) is 9.65. The number of aromatic nitrogens is 2. The molecule has 14 heteroatoms. The molecule has 4 rings (SSSR count). The number of anilines is 1. The second-order valence-corrected chi connectivity index (χ2v) is 7.91. The summed E-state index contributed by atoms with van der Waals surface area (Å²) in [7, 11) is 0. The number of carbonyl (C=O) groups excluding carboxylic acids is 1. The number of rotatable bonds is 4. The van der Waals surface area contributed by atoms with Gasteiger partial charge < -0.3 is 20.1 Å². The molecule has 0 radical (unpaired) electrons. The lowest BCUT2D eigenvalue weighted by Crippen LogP contribution is -2.46. The average molecular weight is 470 g/mol. The molecule has 2 saturated heterocycles. The van der Waals surface area contributed by atoms with E-state index in [4.69, 9.17) is 14.6 Å². The smallest absolute Gasteiger partial charge is 0.475 e. The van der Waals surface area contributed by atoms with Gasteiger partial charge in [0.1, 0.15) is 0 Å². The highest BCUT2D eigenvalue weighted by molar-refractivity contribution is 5.79. The SMILES string of the molecule is O=C(NC[C@@H]1CO[C@@H]2CN(c3ncc(F)cn3)C[C@H]12)C1CC(F)(F)C1.O=C(O)C(F)(F)F. The van der Waals surface area contributed by atoms with Crippen LogP contribution in [0.25, 0.3) is 0 Å². The molecule has 3 atom stereocenters. The minimum Gasteiger partial charge on any atom is -0.475 e. The number of carboxylic acids is 1. The molecule has 1 saturated carbocycles. The molecule has 32 heavy (non-hydrogen) atoms. The lowest BCUT2D eigenvalue weighted by atomic mass is 9.80. The molecule has 178 valence electrons. The Morgan fingerprint density at radius 3 is 2.34 bits per heavy atom. The number of fused-ring (bicyclic) bond motifs is 1. The maximum absolute atomic E-state index is 12.9. The molecular weight excluding hydrogens is 450 g/mol. The maximum Gasteiger partial charge on any atom is 0.490 e. The number of carboxylic acid groups (broad SMARTS) is 1. The summed E-state index contributed by atoms with van der Waals surface area (Å²) in [5.74, 6) is -6.03. The number of alkyl halides is 5. The quantitative estimate of drug-likeness (QED) is 0.648. The summed E-state index contributed by atoms with van der Waals surface area (Å²) < 4.78 is 76.2. The van der Waals surface area contributed by atoms with Gasteiger partial charge in [-0.05, 0) is 0 Å². The summed E-state index contributed by atoms with van der Waals surface area (Å²) in [5.41, 5.74) is 0. The molecule has 3 fully saturated rings. The summed E-state index contributed by atoms with van der Waals surface area (Å²) in [4.78, 5) is 30.7. The van der Waals surface area contributed by atoms with E-state index in [0.29, 0.717) is 32.2 Å². The van der Waals surface area contributed by atoms with Crippen molar-refractivity contribution in [1.29, 1.82) is 0 Å². The fourth-order valence-electron chi connectivity index (χ4n) is 3.86. The van der Waals surface area contributed by atoms with E-state index in [2.05, 4.69) is 15.3 Å². The van der Waals surface area contributed by atoms with Crippen molar-refractivity contribution in [2.24, 2.45) is 17.8 Å². The summed E-state index contributed by atoms with van der Waals surface area (Å²) in [6.07, 6.45) is -3.53. The number of aliphatic carboxylic acids is 1. The van der Waals surface area contributed by atoms with Gasteiger partial charge in [0.2, 0.25) is 17.8 Å². The van der Waals surface area contributed by atoms with E-state index >= 15 is 0 Å². The Bertz CT molecular complexity index is 830. The van der Waals surface area contributed by atoms with Crippen LogP contribution in [0.5, 0.6) is 0 Å². The van der Waals surface area contributed by atoms with Gasteiger partial charge in [0.25, 0.3) is 0 Å². The molecule has 3 aliphatic rings. The van der Waals surface area contributed by atoms with Crippen molar-refractivity contribution < 1.29 is 45.8 Å². The van der Waals surface area contributed by atoms with Crippen LogP contribution >= 0.6 is 0 Å². The van der Waals surface area contributed by atoms with Crippen LogP contribution in [0.2, 0.25) is 0 Å². The molecular formula is C18H20F6N4O4. The van der Waals surface area contributed by atoms with E-state index in [-0.39, 0.29) is 36.7 Å². The van der Waals surface area contributed by atoms with E-state index in [1.807, 2.05) is 4.90 Å². The predicted octanol–water partition coefficient (Wildman–Crippen LogP) is 1.86. The first kappa shape index (κ1) is 24.0. The largest absolute Gasteiger partial charge is 0.490 e. The number of carbonyl (C=O) groups is 2. The Morgan fingerprint density at radius 2 is 1.81 bits per heavy atom. The van der Waals surface area contributed by atoms with E-state index in [9.17, 15) is 31.1 Å². The van der Waals surface area contributed by atoms with Gasteiger partial charge in [-0.15, -0.1) is 0 Å². The molecule has 1 aliphatic carbocycles. The second kappa shape index (κ2) is 9.08. The fraction of sp³-hybridized carbons (Fsp3) is 0.667. The number of nitrogens with zero attached hydrogens (tertiary/aromatic N) is 3. The van der Waals surface area contributed by atoms with Crippen LogP contribution in [-0.2, 0) is 14.3 Å². The summed E-state index contributed by atoms with van der Waals surface area (Å²) in [5, 5.41) is 9.91. The first-order chi connectivity index (χ1) is 14.9. The van der Waals surface area contributed by atoms with Crippen molar-refractivity contribution in [3.05, 3.63) is 18.2 Å². The number of nitrogens with one attached hydrogen (secondary N) is 1. The third kappa shape index (κ3) is 5.78. The fourth-order valence-corrected chi connectivity index (χ4v) is 3.86. The van der Waals surface area contributed by atoms with Crippen LogP contribution in [0.1, 0.15) is 12.8 Å². The van der Waals surface area contributed by atoms with Crippen molar-refractivity contribution in [2.75, 3.05) is 31.1 Å². The van der Waals surface area contributed by atoms with Gasteiger partial charge >= 0.3 is 12.1 Å². The summed E-state index contributed by atoms with van der Waals surface area (Å²) >= 11 is 0. The third-order valence-corrected chi connectivity index (χ3v) is 5.57. The highest BCUT2D eigenvalue weighted by Crippen LogP contribution is 2.42. The van der Waals surface area contributed by atoms with E-state index < -0.39 is 29.8 Å². The molecule has 1 amide bonds. The molecule has 3 heterocycles. The molecule has 0 spiro atoms. The van der Waals surface area contributed by atoms with Crippen LogP contribution in [0, 0.1) is 23.6 Å². The number of amides is 1. The summed E-state index contributed by atoms with van der Waals surface area (Å²) in [6, 6.07) is 0. The van der Waals surface area contributed by atoms with Crippen molar-refractivity contribution in [1.82, 2.24) is 15.3 Å². The van der Waals surface area contributed by atoms with Crippen LogP contribution in [0.15, 0.2) is 12.4 Å². The van der Waals surface area contributed by atoms with Gasteiger partial charge in [-0.3, -0.25) is 4.79 Å².